The van der Waals surface area contributed by atoms with Gasteiger partial charge in [-0.25, -0.2) is 0 Å². The minimum absolute atomic E-state index is 0.128. The van der Waals surface area contributed by atoms with E-state index in [1.807, 2.05) is 0 Å². The molecule has 9 heteroatoms. The molecule has 1 aliphatic heterocycles. The average Bonchev–Trinajstić information content (AvgIpc) is 3.20. The van der Waals surface area contributed by atoms with Gasteiger partial charge in [0, 0.05) is 13.0 Å². The molecular formula is C47H82O9. The van der Waals surface area contributed by atoms with E-state index in [1.54, 1.807) is 0 Å². The van der Waals surface area contributed by atoms with Gasteiger partial charge in [0.15, 0.2) is 6.29 Å². The number of carbonyl (C=O) groups excluding carboxylic acids is 1. The maximum atomic E-state index is 12.8. The SMILES string of the molecule is CC/C=C\C/C=C\C/C=C\C/C=C\C/C=C\CCCCCC(=O)OC(COCCCCCCCCCCCCCCCC)COC1OC(CO)C(O)C(O)C1O. The largest absolute Gasteiger partial charge is 0.457 e. The van der Waals surface area contributed by atoms with Crippen molar-refractivity contribution in [1.82, 2.24) is 0 Å². The molecule has 1 fully saturated rings. The molecule has 6 atom stereocenters. The molecule has 0 aromatic carbocycles. The van der Waals surface area contributed by atoms with Gasteiger partial charge in [-0.3, -0.25) is 4.79 Å². The van der Waals surface area contributed by atoms with Crippen molar-refractivity contribution in [2.24, 2.45) is 0 Å². The van der Waals surface area contributed by atoms with Crippen molar-refractivity contribution < 1.29 is 44.2 Å². The molecule has 0 aromatic heterocycles. The smallest absolute Gasteiger partial charge is 0.306 e. The Bertz CT molecular complexity index is 1040. The second kappa shape index (κ2) is 38.4. The van der Waals surface area contributed by atoms with E-state index in [9.17, 15) is 25.2 Å². The number of rotatable bonds is 37. The molecule has 1 saturated heterocycles. The van der Waals surface area contributed by atoms with E-state index in [1.165, 1.54) is 77.0 Å². The number of hydrogen-bond donors (Lipinski definition) is 4. The summed E-state index contributed by atoms with van der Waals surface area (Å²) in [5.74, 6) is -0.345. The summed E-state index contributed by atoms with van der Waals surface area (Å²) in [5, 5.41) is 40.1. The quantitative estimate of drug-likeness (QED) is 0.0276. The Morgan fingerprint density at radius 2 is 1.09 bits per heavy atom. The first-order valence-electron chi connectivity index (χ1n) is 22.4. The van der Waals surface area contributed by atoms with E-state index >= 15 is 0 Å². The van der Waals surface area contributed by atoms with E-state index in [0.717, 1.165) is 64.2 Å². The van der Waals surface area contributed by atoms with Crippen molar-refractivity contribution in [3.05, 3.63) is 60.8 Å². The second-order valence-corrected chi connectivity index (χ2v) is 15.1. The fraction of sp³-hybridized carbons (Fsp3) is 0.766. The van der Waals surface area contributed by atoms with Crippen LogP contribution in [0.1, 0.15) is 168 Å². The number of hydrogen-bond acceptors (Lipinski definition) is 9. The number of aliphatic hydroxyl groups is 4. The van der Waals surface area contributed by atoms with Crippen LogP contribution >= 0.6 is 0 Å². The van der Waals surface area contributed by atoms with Gasteiger partial charge < -0.3 is 39.4 Å². The minimum Gasteiger partial charge on any atom is -0.457 e. The number of unbranched alkanes of at least 4 members (excludes halogenated alkanes) is 16. The molecule has 0 saturated carbocycles. The van der Waals surface area contributed by atoms with Crippen LogP contribution in [0.3, 0.4) is 0 Å². The molecule has 6 unspecified atom stereocenters. The Morgan fingerprint density at radius 3 is 1.62 bits per heavy atom. The van der Waals surface area contributed by atoms with Crippen molar-refractivity contribution in [2.75, 3.05) is 26.4 Å². The van der Waals surface area contributed by atoms with Gasteiger partial charge in [-0.2, -0.15) is 0 Å². The normalized spacial score (nSPS) is 21.1. The van der Waals surface area contributed by atoms with Crippen molar-refractivity contribution in [1.29, 1.82) is 0 Å². The minimum atomic E-state index is -1.54. The topological polar surface area (TPSA) is 135 Å². The maximum absolute atomic E-state index is 12.8. The van der Waals surface area contributed by atoms with Crippen LogP contribution in [0.15, 0.2) is 60.8 Å². The molecule has 0 amide bonds. The number of ether oxygens (including phenoxy) is 4. The van der Waals surface area contributed by atoms with E-state index in [0.29, 0.717) is 13.0 Å². The summed E-state index contributed by atoms with van der Waals surface area (Å²) < 4.78 is 22.8. The standard InChI is InChI=1S/C47H82O9/c1-3-5-7-9-11-13-15-17-19-20-21-22-23-24-26-28-30-32-34-36-43(49)55-41(40-54-47-46(52)45(51)44(50)42(38-48)56-47)39-53-37-35-33-31-29-27-25-18-16-14-12-10-8-6-4-2/h5,7,11,13,17,19,21-22,24,26,41-42,44-48,50-52H,3-4,6,8-10,12,14-16,18,20,23,25,27-40H2,1-2H3/b7-5-,13-11-,19-17-,22-21-,26-24-. The van der Waals surface area contributed by atoms with Gasteiger partial charge in [0.1, 0.15) is 30.5 Å². The molecule has 1 rings (SSSR count). The molecule has 56 heavy (non-hydrogen) atoms. The molecule has 324 valence electrons. The first-order chi connectivity index (χ1) is 27.4. The van der Waals surface area contributed by atoms with Gasteiger partial charge in [-0.05, 0) is 57.8 Å². The van der Waals surface area contributed by atoms with Crippen LogP contribution in [0.25, 0.3) is 0 Å². The monoisotopic (exact) mass is 791 g/mol. The Morgan fingerprint density at radius 1 is 0.589 bits per heavy atom. The average molecular weight is 791 g/mol. The number of carbonyl (C=O) groups is 1. The van der Waals surface area contributed by atoms with Crippen LogP contribution < -0.4 is 0 Å². The zero-order chi connectivity index (χ0) is 40.7. The first kappa shape index (κ1) is 51.9. The lowest BCUT2D eigenvalue weighted by Gasteiger charge is -2.39. The fourth-order valence-electron chi connectivity index (χ4n) is 6.46. The zero-order valence-electron chi connectivity index (χ0n) is 35.4. The zero-order valence-corrected chi connectivity index (χ0v) is 35.4. The molecule has 0 spiro atoms. The summed E-state index contributed by atoms with van der Waals surface area (Å²) in [7, 11) is 0. The third-order valence-corrected chi connectivity index (χ3v) is 9.95. The second-order valence-electron chi connectivity index (χ2n) is 15.1. The predicted molar refractivity (Wildman–Crippen MR) is 228 cm³/mol. The van der Waals surface area contributed by atoms with Crippen molar-refractivity contribution >= 4 is 5.97 Å². The molecule has 0 aliphatic carbocycles. The van der Waals surface area contributed by atoms with Gasteiger partial charge in [-0.1, -0.05) is 164 Å². The Hall–Kier alpha value is -2.11. The maximum Gasteiger partial charge on any atom is 0.306 e. The van der Waals surface area contributed by atoms with Crippen LogP contribution in [0.4, 0.5) is 0 Å². The number of esters is 1. The van der Waals surface area contributed by atoms with Crippen LogP contribution in [0.2, 0.25) is 0 Å². The molecule has 0 radical (unpaired) electrons. The Kier molecular flexibility index (Phi) is 35.6. The van der Waals surface area contributed by atoms with Gasteiger partial charge in [0.2, 0.25) is 0 Å². The lowest BCUT2D eigenvalue weighted by atomic mass is 9.99. The van der Waals surface area contributed by atoms with E-state index in [4.69, 9.17) is 18.9 Å². The molecule has 1 aliphatic rings. The highest BCUT2D eigenvalue weighted by Gasteiger charge is 2.44. The van der Waals surface area contributed by atoms with Gasteiger partial charge in [0.25, 0.3) is 0 Å². The Labute approximate surface area is 341 Å². The molecule has 0 aromatic rings. The third-order valence-electron chi connectivity index (χ3n) is 9.95. The summed E-state index contributed by atoms with van der Waals surface area (Å²) in [4.78, 5) is 12.8. The summed E-state index contributed by atoms with van der Waals surface area (Å²) in [6.45, 7) is 4.40. The van der Waals surface area contributed by atoms with E-state index in [2.05, 4.69) is 74.6 Å². The van der Waals surface area contributed by atoms with Crippen LogP contribution in [0, 0.1) is 0 Å². The van der Waals surface area contributed by atoms with E-state index < -0.39 is 43.4 Å². The summed E-state index contributed by atoms with van der Waals surface area (Å²) in [6.07, 6.45) is 41.0. The molecule has 9 nitrogen and oxygen atoms in total. The van der Waals surface area contributed by atoms with Crippen molar-refractivity contribution in [3.63, 3.8) is 0 Å². The summed E-state index contributed by atoms with van der Waals surface area (Å²) >= 11 is 0. The van der Waals surface area contributed by atoms with Crippen LogP contribution in [-0.4, -0.2) is 89.6 Å². The lowest BCUT2D eigenvalue weighted by Crippen LogP contribution is -2.59. The third kappa shape index (κ3) is 29.2. The van der Waals surface area contributed by atoms with E-state index in [-0.39, 0.29) is 25.6 Å². The predicted octanol–water partition coefficient (Wildman–Crippen LogP) is 9.91. The van der Waals surface area contributed by atoms with Crippen LogP contribution in [-0.2, 0) is 23.7 Å². The number of aliphatic hydroxyl groups excluding tert-OH is 4. The highest BCUT2D eigenvalue weighted by molar-refractivity contribution is 5.69. The van der Waals surface area contributed by atoms with Crippen molar-refractivity contribution in [2.45, 2.75) is 205 Å². The van der Waals surface area contributed by atoms with Gasteiger partial charge >= 0.3 is 5.97 Å². The molecule has 4 N–H and O–H groups in total. The molecule has 0 bridgehead atoms. The number of allylic oxidation sites excluding steroid dienone is 10. The first-order valence-corrected chi connectivity index (χ1v) is 22.4. The molecular weight excluding hydrogens is 709 g/mol. The van der Waals surface area contributed by atoms with Gasteiger partial charge in [-0.15, -0.1) is 0 Å². The Balaban J connectivity index is 2.30. The summed E-state index contributed by atoms with van der Waals surface area (Å²) in [6, 6.07) is 0. The van der Waals surface area contributed by atoms with Crippen LogP contribution in [0.5, 0.6) is 0 Å². The van der Waals surface area contributed by atoms with Gasteiger partial charge in [0.05, 0.1) is 19.8 Å². The van der Waals surface area contributed by atoms with Crippen molar-refractivity contribution in [3.8, 4) is 0 Å². The molecule has 1 heterocycles. The summed E-state index contributed by atoms with van der Waals surface area (Å²) in [5.41, 5.74) is 0. The highest BCUT2D eigenvalue weighted by Crippen LogP contribution is 2.22. The lowest BCUT2D eigenvalue weighted by molar-refractivity contribution is -0.305. The fourth-order valence-corrected chi connectivity index (χ4v) is 6.46. The highest BCUT2D eigenvalue weighted by atomic mass is 16.7.